The fraction of sp³-hybridized carbons (Fsp3) is 0.200. The van der Waals surface area contributed by atoms with Gasteiger partial charge < -0.3 is 19.5 Å². The van der Waals surface area contributed by atoms with E-state index in [1.165, 1.54) is 12.1 Å². The number of hydrogen-bond acceptors (Lipinski definition) is 4. The molecule has 0 fully saturated rings. The highest BCUT2D eigenvalue weighted by atomic mass is 19.1. The SMILES string of the molecule is COc1cc(/C=C/c2ccc(OCCCNc3ccc(F)cc3)cc2)cc(OC)c1. The van der Waals surface area contributed by atoms with Crippen molar-refractivity contribution in [3.05, 3.63) is 83.7 Å². The highest BCUT2D eigenvalue weighted by Crippen LogP contribution is 2.24. The molecule has 3 aromatic carbocycles. The summed E-state index contributed by atoms with van der Waals surface area (Å²) < 4.78 is 29.3. The summed E-state index contributed by atoms with van der Waals surface area (Å²) in [6, 6.07) is 20.0. The van der Waals surface area contributed by atoms with Crippen LogP contribution in [0, 0.1) is 5.82 Å². The lowest BCUT2D eigenvalue weighted by molar-refractivity contribution is 0.315. The van der Waals surface area contributed by atoms with Gasteiger partial charge in [-0.15, -0.1) is 0 Å². The van der Waals surface area contributed by atoms with Gasteiger partial charge in [0.2, 0.25) is 0 Å². The van der Waals surface area contributed by atoms with Crippen LogP contribution in [0.4, 0.5) is 10.1 Å². The van der Waals surface area contributed by atoms with Crippen molar-refractivity contribution in [3.63, 3.8) is 0 Å². The minimum atomic E-state index is -0.231. The minimum absolute atomic E-state index is 0.231. The second-order valence-corrected chi connectivity index (χ2v) is 6.68. The summed E-state index contributed by atoms with van der Waals surface area (Å²) in [7, 11) is 3.28. The molecule has 3 aromatic rings. The van der Waals surface area contributed by atoms with Crippen molar-refractivity contribution in [3.8, 4) is 17.2 Å². The van der Waals surface area contributed by atoms with E-state index in [-0.39, 0.29) is 5.82 Å². The number of hydrogen-bond donors (Lipinski definition) is 1. The van der Waals surface area contributed by atoms with Crippen molar-refractivity contribution < 1.29 is 18.6 Å². The van der Waals surface area contributed by atoms with Crippen LogP contribution in [0.3, 0.4) is 0 Å². The molecular weight excluding hydrogens is 381 g/mol. The first-order chi connectivity index (χ1) is 14.7. The Bertz CT molecular complexity index is 931. The highest BCUT2D eigenvalue weighted by Gasteiger charge is 2.00. The molecule has 0 spiro atoms. The molecule has 5 heteroatoms. The maximum absolute atomic E-state index is 12.9. The average Bonchev–Trinajstić information content (AvgIpc) is 2.79. The predicted molar refractivity (Wildman–Crippen MR) is 120 cm³/mol. The maximum Gasteiger partial charge on any atom is 0.123 e. The Morgan fingerprint density at radius 2 is 1.40 bits per heavy atom. The minimum Gasteiger partial charge on any atom is -0.497 e. The lowest BCUT2D eigenvalue weighted by Crippen LogP contribution is -2.07. The summed E-state index contributed by atoms with van der Waals surface area (Å²) in [6.07, 6.45) is 4.89. The molecule has 0 saturated carbocycles. The molecule has 0 unspecified atom stereocenters. The Balaban J connectivity index is 1.45. The zero-order chi connectivity index (χ0) is 21.2. The third-order valence-corrected chi connectivity index (χ3v) is 4.49. The van der Waals surface area contributed by atoms with Crippen molar-refractivity contribution in [2.45, 2.75) is 6.42 Å². The van der Waals surface area contributed by atoms with E-state index in [1.807, 2.05) is 54.6 Å². The third-order valence-electron chi connectivity index (χ3n) is 4.49. The van der Waals surface area contributed by atoms with Crippen LogP contribution < -0.4 is 19.5 Å². The van der Waals surface area contributed by atoms with Gasteiger partial charge in [-0.3, -0.25) is 0 Å². The Labute approximate surface area is 176 Å². The molecule has 1 N–H and O–H groups in total. The van der Waals surface area contributed by atoms with E-state index in [4.69, 9.17) is 14.2 Å². The summed E-state index contributed by atoms with van der Waals surface area (Å²) in [5.74, 6) is 2.11. The Morgan fingerprint density at radius 1 is 0.767 bits per heavy atom. The Kier molecular flexibility index (Phi) is 7.72. The van der Waals surface area contributed by atoms with Gasteiger partial charge in [0, 0.05) is 18.3 Å². The van der Waals surface area contributed by atoms with Crippen molar-refractivity contribution in [1.82, 2.24) is 0 Å². The molecule has 0 heterocycles. The second-order valence-electron chi connectivity index (χ2n) is 6.68. The van der Waals surface area contributed by atoms with Gasteiger partial charge in [0.15, 0.2) is 0 Å². The number of rotatable bonds is 10. The summed E-state index contributed by atoms with van der Waals surface area (Å²) >= 11 is 0. The van der Waals surface area contributed by atoms with Gasteiger partial charge >= 0.3 is 0 Å². The lowest BCUT2D eigenvalue weighted by atomic mass is 10.1. The molecule has 0 saturated heterocycles. The van der Waals surface area contributed by atoms with Crippen molar-refractivity contribution in [2.75, 3.05) is 32.7 Å². The largest absolute Gasteiger partial charge is 0.497 e. The van der Waals surface area contributed by atoms with E-state index in [9.17, 15) is 4.39 Å². The van der Waals surface area contributed by atoms with Crippen LogP contribution >= 0.6 is 0 Å². The Morgan fingerprint density at radius 3 is 2.03 bits per heavy atom. The zero-order valence-electron chi connectivity index (χ0n) is 17.2. The van der Waals surface area contributed by atoms with Gasteiger partial charge in [0.05, 0.1) is 20.8 Å². The van der Waals surface area contributed by atoms with Crippen LogP contribution in [0.5, 0.6) is 17.2 Å². The normalized spacial score (nSPS) is 10.8. The van der Waals surface area contributed by atoms with E-state index in [2.05, 4.69) is 5.32 Å². The van der Waals surface area contributed by atoms with Crippen LogP contribution in [-0.4, -0.2) is 27.4 Å². The molecule has 30 heavy (non-hydrogen) atoms. The van der Waals surface area contributed by atoms with Crippen LogP contribution in [0.25, 0.3) is 12.2 Å². The third kappa shape index (κ3) is 6.55. The van der Waals surface area contributed by atoms with Crippen molar-refractivity contribution in [1.29, 1.82) is 0 Å². The van der Waals surface area contributed by atoms with E-state index < -0.39 is 0 Å². The average molecular weight is 407 g/mol. The van der Waals surface area contributed by atoms with Gasteiger partial charge in [-0.1, -0.05) is 24.3 Å². The quantitative estimate of drug-likeness (QED) is 0.336. The summed E-state index contributed by atoms with van der Waals surface area (Å²) in [4.78, 5) is 0. The lowest BCUT2D eigenvalue weighted by Gasteiger charge is -2.08. The summed E-state index contributed by atoms with van der Waals surface area (Å²) in [5.41, 5.74) is 2.98. The van der Waals surface area contributed by atoms with Gasteiger partial charge in [0.25, 0.3) is 0 Å². The van der Waals surface area contributed by atoms with E-state index in [0.29, 0.717) is 6.61 Å². The van der Waals surface area contributed by atoms with Crippen LogP contribution in [0.15, 0.2) is 66.7 Å². The molecule has 4 nitrogen and oxygen atoms in total. The molecular formula is C25H26FNO3. The van der Waals surface area contributed by atoms with E-state index in [0.717, 1.165) is 47.0 Å². The Hall–Kier alpha value is -3.47. The summed E-state index contributed by atoms with van der Waals surface area (Å²) in [6.45, 7) is 1.36. The van der Waals surface area contributed by atoms with Crippen LogP contribution in [-0.2, 0) is 0 Å². The van der Waals surface area contributed by atoms with Crippen LogP contribution in [0.1, 0.15) is 17.5 Å². The number of anilines is 1. The fourth-order valence-corrected chi connectivity index (χ4v) is 2.86. The number of halogens is 1. The zero-order valence-corrected chi connectivity index (χ0v) is 17.2. The first kappa shape index (κ1) is 21.2. The molecule has 0 aliphatic heterocycles. The second kappa shape index (κ2) is 10.9. The first-order valence-electron chi connectivity index (χ1n) is 9.80. The smallest absolute Gasteiger partial charge is 0.123 e. The number of methoxy groups -OCH3 is 2. The molecule has 0 bridgehead atoms. The molecule has 156 valence electrons. The first-order valence-corrected chi connectivity index (χ1v) is 9.80. The van der Waals surface area contributed by atoms with E-state index in [1.54, 1.807) is 26.4 Å². The van der Waals surface area contributed by atoms with Crippen LogP contribution in [0.2, 0.25) is 0 Å². The number of ether oxygens (including phenoxy) is 3. The summed E-state index contributed by atoms with van der Waals surface area (Å²) in [5, 5.41) is 3.24. The standard InChI is InChI=1S/C25H26FNO3/c1-28-24-16-20(17-25(18-24)29-2)5-4-19-6-12-23(13-7-19)30-15-3-14-27-22-10-8-21(26)9-11-22/h4-13,16-18,27H,3,14-15H2,1-2H3/b5-4+. The van der Waals surface area contributed by atoms with Crippen molar-refractivity contribution >= 4 is 17.8 Å². The molecule has 0 atom stereocenters. The number of benzene rings is 3. The monoisotopic (exact) mass is 407 g/mol. The maximum atomic E-state index is 12.9. The molecule has 0 aliphatic carbocycles. The molecule has 0 radical (unpaired) electrons. The van der Waals surface area contributed by atoms with Crippen molar-refractivity contribution in [2.24, 2.45) is 0 Å². The van der Waals surface area contributed by atoms with Gasteiger partial charge in [0.1, 0.15) is 23.1 Å². The van der Waals surface area contributed by atoms with Gasteiger partial charge in [-0.05, 0) is 66.1 Å². The molecule has 0 aromatic heterocycles. The topological polar surface area (TPSA) is 39.7 Å². The fourth-order valence-electron chi connectivity index (χ4n) is 2.86. The molecule has 0 aliphatic rings. The molecule has 0 amide bonds. The van der Waals surface area contributed by atoms with Gasteiger partial charge in [-0.2, -0.15) is 0 Å². The predicted octanol–water partition coefficient (Wildman–Crippen LogP) is 5.89. The van der Waals surface area contributed by atoms with Gasteiger partial charge in [-0.25, -0.2) is 4.39 Å². The number of nitrogens with one attached hydrogen (secondary N) is 1. The molecule has 3 rings (SSSR count). The van der Waals surface area contributed by atoms with E-state index >= 15 is 0 Å². The highest BCUT2D eigenvalue weighted by molar-refractivity contribution is 5.71.